The highest BCUT2D eigenvalue weighted by Gasteiger charge is 2.13. The number of fused-ring (bicyclic) bond motifs is 2. The number of anilines is 3. The van der Waals surface area contributed by atoms with E-state index in [9.17, 15) is 9.18 Å². The molecule has 5 aromatic rings. The molecule has 0 atom stereocenters. The van der Waals surface area contributed by atoms with E-state index in [0.29, 0.717) is 35.9 Å². The number of carbonyl (C=O) groups is 1. The van der Waals surface area contributed by atoms with E-state index in [1.165, 1.54) is 24.5 Å². The maximum Gasteiger partial charge on any atom is 0.247 e. The molecule has 5 rings (SSSR count). The molecule has 9 heteroatoms. The molecule has 0 aliphatic heterocycles. The molecule has 0 unspecified atom stereocenters. The topological polar surface area (TPSA) is 94.0 Å². The number of halogens is 1. The van der Waals surface area contributed by atoms with Crippen molar-refractivity contribution >= 4 is 44.9 Å². The third-order valence-corrected chi connectivity index (χ3v) is 5.61. The van der Waals surface area contributed by atoms with Crippen LogP contribution in [-0.2, 0) is 11.3 Å². The number of benzene rings is 3. The van der Waals surface area contributed by atoms with Crippen LogP contribution in [0.3, 0.4) is 0 Å². The van der Waals surface area contributed by atoms with Gasteiger partial charge < -0.3 is 15.4 Å². The highest BCUT2D eigenvalue weighted by molar-refractivity contribution is 6.03. The lowest BCUT2D eigenvalue weighted by atomic mass is 10.1. The molecule has 3 aromatic carbocycles. The van der Waals surface area contributed by atoms with Crippen molar-refractivity contribution in [3.63, 3.8) is 0 Å². The predicted molar refractivity (Wildman–Crippen MR) is 138 cm³/mol. The molecule has 0 saturated carbocycles. The second-order valence-electron chi connectivity index (χ2n) is 8.04. The van der Waals surface area contributed by atoms with Gasteiger partial charge in [-0.3, -0.25) is 9.48 Å². The summed E-state index contributed by atoms with van der Waals surface area (Å²) in [5.41, 5.74) is 3.72. The van der Waals surface area contributed by atoms with E-state index in [2.05, 4.69) is 32.3 Å². The normalized spacial score (nSPS) is 10.9. The van der Waals surface area contributed by atoms with Gasteiger partial charge in [0.2, 0.25) is 5.91 Å². The second kappa shape index (κ2) is 9.83. The minimum absolute atomic E-state index is 0.268. The van der Waals surface area contributed by atoms with Crippen LogP contribution in [-0.4, -0.2) is 32.3 Å². The van der Waals surface area contributed by atoms with Crippen LogP contribution in [0.2, 0.25) is 0 Å². The van der Waals surface area contributed by atoms with Crippen LogP contribution in [0.5, 0.6) is 5.75 Å². The first-order chi connectivity index (χ1) is 17.5. The van der Waals surface area contributed by atoms with Crippen LogP contribution in [0.25, 0.3) is 21.8 Å². The van der Waals surface area contributed by atoms with E-state index >= 15 is 0 Å². The summed E-state index contributed by atoms with van der Waals surface area (Å²) in [6, 6.07) is 15.9. The molecule has 2 heterocycles. The molecule has 0 fully saturated rings. The summed E-state index contributed by atoms with van der Waals surface area (Å²) in [6.45, 7) is 6.26. The zero-order valence-corrected chi connectivity index (χ0v) is 19.5. The van der Waals surface area contributed by atoms with E-state index < -0.39 is 0 Å². The molecular weight excluding hydrogens is 459 g/mol. The van der Waals surface area contributed by atoms with Gasteiger partial charge in [-0.1, -0.05) is 18.7 Å². The van der Waals surface area contributed by atoms with Crippen LogP contribution in [0.4, 0.5) is 21.6 Å². The van der Waals surface area contributed by atoms with Crippen molar-refractivity contribution in [3.8, 4) is 5.75 Å². The Balaban J connectivity index is 1.45. The van der Waals surface area contributed by atoms with Gasteiger partial charge in [0.05, 0.1) is 36.1 Å². The SMILES string of the molecule is C=CC(=O)Nc1cc2ncnc(Nc3ccc4c(cnn4Cc4cccc(F)c4)c3)c2cc1OCC. The Labute approximate surface area is 206 Å². The number of hydrogen-bond acceptors (Lipinski definition) is 6. The van der Waals surface area contributed by atoms with Gasteiger partial charge >= 0.3 is 0 Å². The molecule has 180 valence electrons. The fourth-order valence-electron chi connectivity index (χ4n) is 3.97. The monoisotopic (exact) mass is 482 g/mol. The molecular formula is C27H23FN6O2. The fourth-order valence-corrected chi connectivity index (χ4v) is 3.97. The van der Waals surface area contributed by atoms with Gasteiger partial charge in [-0.2, -0.15) is 5.10 Å². The van der Waals surface area contributed by atoms with Crippen LogP contribution in [0, 0.1) is 5.82 Å². The van der Waals surface area contributed by atoms with Crippen molar-refractivity contribution in [1.29, 1.82) is 0 Å². The minimum Gasteiger partial charge on any atom is -0.492 e. The van der Waals surface area contributed by atoms with Crippen LogP contribution >= 0.6 is 0 Å². The molecule has 2 aromatic heterocycles. The standard InChI is InChI=1S/C27H23FN6O2/c1-3-26(35)33-23-13-22-21(12-25(23)36-4-2)27(30-16-29-22)32-20-8-9-24-18(11-20)14-31-34(24)15-17-6-5-7-19(28)10-17/h3,5-14,16H,1,4,15H2,2H3,(H,33,35)(H,29,30,32). The molecule has 2 N–H and O–H groups in total. The summed E-state index contributed by atoms with van der Waals surface area (Å²) < 4.78 is 21.1. The fraction of sp³-hybridized carbons (Fsp3) is 0.111. The average Bonchev–Trinajstić information content (AvgIpc) is 3.26. The molecule has 0 bridgehead atoms. The first-order valence-electron chi connectivity index (χ1n) is 11.4. The number of aromatic nitrogens is 4. The third-order valence-electron chi connectivity index (χ3n) is 5.61. The van der Waals surface area contributed by atoms with E-state index in [1.807, 2.05) is 35.9 Å². The number of amides is 1. The summed E-state index contributed by atoms with van der Waals surface area (Å²) in [7, 11) is 0. The Bertz CT molecular complexity index is 1600. The zero-order valence-electron chi connectivity index (χ0n) is 19.5. The molecule has 1 amide bonds. The molecule has 0 saturated heterocycles. The Morgan fingerprint density at radius 2 is 2.06 bits per heavy atom. The molecule has 0 aliphatic rings. The van der Waals surface area contributed by atoms with Gasteiger partial charge in [-0.25, -0.2) is 14.4 Å². The maximum absolute atomic E-state index is 13.6. The Morgan fingerprint density at radius 1 is 1.17 bits per heavy atom. The third kappa shape index (κ3) is 4.72. The van der Waals surface area contributed by atoms with Crippen molar-refractivity contribution < 1.29 is 13.9 Å². The number of ether oxygens (including phenoxy) is 1. The highest BCUT2D eigenvalue weighted by atomic mass is 19.1. The number of rotatable bonds is 8. The quantitative estimate of drug-likeness (QED) is 0.286. The zero-order chi connectivity index (χ0) is 25.1. The van der Waals surface area contributed by atoms with E-state index in [1.54, 1.807) is 24.4 Å². The van der Waals surface area contributed by atoms with Gasteiger partial charge in [0.15, 0.2) is 0 Å². The molecule has 0 radical (unpaired) electrons. The van der Waals surface area contributed by atoms with Crippen molar-refractivity contribution in [2.75, 3.05) is 17.2 Å². The lowest BCUT2D eigenvalue weighted by Crippen LogP contribution is -2.09. The number of nitrogens with one attached hydrogen (secondary N) is 2. The lowest BCUT2D eigenvalue weighted by Gasteiger charge is -2.14. The largest absolute Gasteiger partial charge is 0.492 e. The van der Waals surface area contributed by atoms with Gasteiger partial charge in [0, 0.05) is 16.5 Å². The van der Waals surface area contributed by atoms with Gasteiger partial charge in [0.1, 0.15) is 23.7 Å². The van der Waals surface area contributed by atoms with Crippen LogP contribution in [0.1, 0.15) is 12.5 Å². The van der Waals surface area contributed by atoms with Crippen molar-refractivity contribution in [1.82, 2.24) is 19.7 Å². The Kier molecular flexibility index (Phi) is 6.27. The second-order valence-corrected chi connectivity index (χ2v) is 8.04. The first kappa shape index (κ1) is 23.0. The Morgan fingerprint density at radius 3 is 2.86 bits per heavy atom. The Hall–Kier alpha value is -4.79. The van der Waals surface area contributed by atoms with Crippen LogP contribution in [0.15, 0.2) is 79.8 Å². The van der Waals surface area contributed by atoms with Gasteiger partial charge in [0.25, 0.3) is 0 Å². The number of nitrogens with zero attached hydrogens (tertiary/aromatic N) is 4. The maximum atomic E-state index is 13.6. The number of hydrogen-bond donors (Lipinski definition) is 2. The average molecular weight is 483 g/mol. The summed E-state index contributed by atoms with van der Waals surface area (Å²) in [4.78, 5) is 20.6. The summed E-state index contributed by atoms with van der Waals surface area (Å²) in [6.07, 6.45) is 4.43. The van der Waals surface area contributed by atoms with Crippen molar-refractivity contribution in [2.45, 2.75) is 13.5 Å². The summed E-state index contributed by atoms with van der Waals surface area (Å²) in [5.74, 6) is 0.491. The molecule has 0 aliphatic carbocycles. The summed E-state index contributed by atoms with van der Waals surface area (Å²) >= 11 is 0. The van der Waals surface area contributed by atoms with Gasteiger partial charge in [-0.05, 0) is 61.0 Å². The van der Waals surface area contributed by atoms with Crippen LogP contribution < -0.4 is 15.4 Å². The van der Waals surface area contributed by atoms with E-state index in [-0.39, 0.29) is 11.7 Å². The predicted octanol–water partition coefficient (Wildman–Crippen LogP) is 5.43. The highest BCUT2D eigenvalue weighted by Crippen LogP contribution is 2.34. The molecule has 8 nitrogen and oxygen atoms in total. The smallest absolute Gasteiger partial charge is 0.247 e. The lowest BCUT2D eigenvalue weighted by molar-refractivity contribution is -0.111. The van der Waals surface area contributed by atoms with Crippen molar-refractivity contribution in [3.05, 3.63) is 91.2 Å². The molecule has 36 heavy (non-hydrogen) atoms. The number of carbonyl (C=O) groups excluding carboxylic acids is 1. The minimum atomic E-state index is -0.339. The first-order valence-corrected chi connectivity index (χ1v) is 11.4. The van der Waals surface area contributed by atoms with E-state index in [0.717, 1.165) is 27.5 Å². The van der Waals surface area contributed by atoms with Crippen molar-refractivity contribution in [2.24, 2.45) is 0 Å². The summed E-state index contributed by atoms with van der Waals surface area (Å²) in [5, 5.41) is 12.2. The van der Waals surface area contributed by atoms with E-state index in [4.69, 9.17) is 4.74 Å². The van der Waals surface area contributed by atoms with Gasteiger partial charge in [-0.15, -0.1) is 0 Å². The molecule has 0 spiro atoms.